The zero-order chi connectivity index (χ0) is 36.3. The fourth-order valence-electron chi connectivity index (χ4n) is 6.45. The molecule has 0 fully saturated rings. The van der Waals surface area contributed by atoms with Crippen molar-refractivity contribution in [3.8, 4) is 34.5 Å². The highest BCUT2D eigenvalue weighted by Gasteiger charge is 2.61. The highest BCUT2D eigenvalue weighted by Crippen LogP contribution is 2.56. The molecule has 3 N–H and O–H groups in total. The van der Waals surface area contributed by atoms with Gasteiger partial charge in [0.15, 0.2) is 28.8 Å². The van der Waals surface area contributed by atoms with E-state index in [9.17, 15) is 19.5 Å². The lowest BCUT2D eigenvalue weighted by molar-refractivity contribution is -0.121. The first-order valence-corrected chi connectivity index (χ1v) is 17.3. The zero-order valence-electron chi connectivity index (χ0n) is 28.9. The third-order valence-corrected chi connectivity index (χ3v) is 10.4. The number of hydrogen-bond donors (Lipinski definition) is 3. The number of rotatable bonds is 14. The second-order valence-electron chi connectivity index (χ2n) is 11.8. The van der Waals surface area contributed by atoms with Gasteiger partial charge in [-0.25, -0.2) is 4.98 Å². The number of Topliss-reactive ketones (excluding diaryl/α,β-unsaturated/α-hetero) is 2. The average molecular weight is 730 g/mol. The van der Waals surface area contributed by atoms with Crippen molar-refractivity contribution in [3.05, 3.63) is 63.4 Å². The summed E-state index contributed by atoms with van der Waals surface area (Å²) in [7, 11) is 7.13. The van der Waals surface area contributed by atoms with Gasteiger partial charge in [0.25, 0.3) is 0 Å². The number of halogens is 1. The number of carbonyl (C=O) groups excluding carboxylic acids is 3. The lowest BCUT2D eigenvalue weighted by Gasteiger charge is -2.38. The molecule has 3 aromatic rings. The minimum Gasteiger partial charge on any atom is -0.507 e. The molecule has 13 nitrogen and oxygen atoms in total. The van der Waals surface area contributed by atoms with Crippen molar-refractivity contribution >= 4 is 40.8 Å². The maximum absolute atomic E-state index is 14.4. The van der Waals surface area contributed by atoms with E-state index in [1.807, 2.05) is 6.92 Å². The third-order valence-electron chi connectivity index (χ3n) is 9.08. The average Bonchev–Trinajstić information content (AvgIpc) is 3.66. The Labute approximate surface area is 299 Å². The Hall–Kier alpha value is -4.56. The minimum atomic E-state index is -2.04. The summed E-state index contributed by atoms with van der Waals surface area (Å²) >= 11 is 8.23. The van der Waals surface area contributed by atoms with E-state index in [2.05, 4.69) is 15.3 Å². The summed E-state index contributed by atoms with van der Waals surface area (Å²) in [5.74, 6) is -1.59. The van der Waals surface area contributed by atoms with Gasteiger partial charge in [0, 0.05) is 60.1 Å². The van der Waals surface area contributed by atoms with E-state index in [4.69, 9.17) is 40.0 Å². The number of nitrogens with one attached hydrogen (secondary N) is 2. The third kappa shape index (κ3) is 6.41. The van der Waals surface area contributed by atoms with Crippen LogP contribution in [0.1, 0.15) is 53.0 Å². The number of hydrogen-bond acceptors (Lipinski definition) is 12. The van der Waals surface area contributed by atoms with Crippen LogP contribution in [0.3, 0.4) is 0 Å². The minimum absolute atomic E-state index is 0.00727. The fourth-order valence-corrected chi connectivity index (χ4v) is 7.59. The van der Waals surface area contributed by atoms with Crippen LogP contribution in [0.2, 0.25) is 5.02 Å². The summed E-state index contributed by atoms with van der Waals surface area (Å²) in [6, 6.07) is 4.67. The maximum Gasteiger partial charge on any atom is 0.231 e. The number of benzene rings is 2. The predicted octanol–water partition coefficient (Wildman–Crippen LogP) is 5.37. The molecule has 2 aromatic carbocycles. The molecule has 15 heteroatoms. The molecule has 5 rings (SSSR count). The molecule has 1 aromatic heterocycles. The number of ether oxygens (including phenoxy) is 6. The largest absolute Gasteiger partial charge is 0.507 e. The smallest absolute Gasteiger partial charge is 0.231 e. The Morgan fingerprint density at radius 2 is 1.74 bits per heavy atom. The second-order valence-corrected chi connectivity index (χ2v) is 13.3. The van der Waals surface area contributed by atoms with Crippen molar-refractivity contribution in [1.82, 2.24) is 15.3 Å². The number of amides is 1. The first-order valence-electron chi connectivity index (χ1n) is 15.7. The van der Waals surface area contributed by atoms with Gasteiger partial charge in [0.05, 0.1) is 47.6 Å². The van der Waals surface area contributed by atoms with Crippen molar-refractivity contribution in [2.75, 3.05) is 47.8 Å². The molecule has 0 radical (unpaired) electrons. The van der Waals surface area contributed by atoms with Crippen molar-refractivity contribution in [2.45, 2.75) is 44.0 Å². The van der Waals surface area contributed by atoms with E-state index in [-0.39, 0.29) is 57.7 Å². The maximum atomic E-state index is 14.4. The van der Waals surface area contributed by atoms with Crippen LogP contribution in [-0.4, -0.2) is 86.0 Å². The van der Waals surface area contributed by atoms with E-state index in [1.165, 1.54) is 41.6 Å². The van der Waals surface area contributed by atoms with Gasteiger partial charge in [0.2, 0.25) is 23.0 Å². The van der Waals surface area contributed by atoms with Gasteiger partial charge < -0.3 is 43.8 Å². The summed E-state index contributed by atoms with van der Waals surface area (Å²) in [4.78, 5) is 49.3. The highest BCUT2D eigenvalue weighted by molar-refractivity contribution is 7.98. The Kier molecular flexibility index (Phi) is 11.1. The van der Waals surface area contributed by atoms with Crippen molar-refractivity contribution < 1.29 is 47.9 Å². The number of fused-ring (bicyclic) bond motifs is 1. The SMILES string of the molecule is COc1cc(OC)c2c(c1Cl)OC1(C2=O)C(O)=C(C(CC(=O)NCCSCc2nc[nH]c2C)c2cc(OC)c(OC)c(OC)c2)C(=O)CC1C. The molecule has 1 aliphatic carbocycles. The topological polar surface area (TPSA) is 168 Å². The number of allylic oxidation sites excluding steroid dienone is 1. The van der Waals surface area contributed by atoms with Gasteiger partial charge in [-0.15, -0.1) is 0 Å². The standard InChI is InChI=1S/C35H40ClN3O10S/c1-17-10-22(40)28(33(42)35(17)34(43)29-23(44-3)14-24(45-4)30(36)32(29)49-35)20(19-11-25(46-5)31(48-7)26(12-19)47-6)13-27(41)37-8-9-50-15-21-18(2)38-16-39-21/h11-12,14,16-17,20,42H,8-10,13,15H2,1-7H3,(H,37,41)(H,38,39). The molecule has 3 atom stereocenters. The van der Waals surface area contributed by atoms with Gasteiger partial charge in [-0.2, -0.15) is 11.8 Å². The van der Waals surface area contributed by atoms with E-state index in [0.29, 0.717) is 29.4 Å². The number of aromatic nitrogens is 2. The van der Waals surface area contributed by atoms with Gasteiger partial charge in [-0.3, -0.25) is 14.4 Å². The molecule has 0 bridgehead atoms. The Morgan fingerprint density at radius 3 is 2.32 bits per heavy atom. The van der Waals surface area contributed by atoms with Crippen LogP contribution in [0.15, 0.2) is 35.9 Å². The molecule has 1 amide bonds. The lowest BCUT2D eigenvalue weighted by Crippen LogP contribution is -2.53. The van der Waals surface area contributed by atoms with Crippen LogP contribution < -0.4 is 33.7 Å². The van der Waals surface area contributed by atoms with E-state index < -0.39 is 40.7 Å². The molecule has 2 heterocycles. The normalized spacial score (nSPS) is 18.8. The van der Waals surface area contributed by atoms with Crippen molar-refractivity contribution in [1.29, 1.82) is 0 Å². The molecule has 0 saturated carbocycles. The number of aliphatic hydroxyl groups excluding tert-OH is 1. The first-order chi connectivity index (χ1) is 24.0. The second kappa shape index (κ2) is 15.1. The summed E-state index contributed by atoms with van der Waals surface area (Å²) in [6.45, 7) is 3.92. The van der Waals surface area contributed by atoms with E-state index in [1.54, 1.807) is 37.1 Å². The number of imidazole rings is 1. The summed E-state index contributed by atoms with van der Waals surface area (Å²) in [5.41, 5.74) is 0.144. The Bertz CT molecular complexity index is 1820. The molecule has 50 heavy (non-hydrogen) atoms. The molecule has 3 unspecified atom stereocenters. The van der Waals surface area contributed by atoms with E-state index in [0.717, 1.165) is 11.4 Å². The number of carbonyl (C=O) groups is 3. The molecule has 268 valence electrons. The summed E-state index contributed by atoms with van der Waals surface area (Å²) in [5, 5.41) is 15.1. The van der Waals surface area contributed by atoms with Crippen LogP contribution >= 0.6 is 23.4 Å². The molecular formula is C35H40ClN3O10S. The number of nitrogens with zero attached hydrogens (tertiary/aromatic N) is 1. The predicted molar refractivity (Wildman–Crippen MR) is 187 cm³/mol. The van der Waals surface area contributed by atoms with Crippen LogP contribution in [0.25, 0.3) is 0 Å². The van der Waals surface area contributed by atoms with Crippen molar-refractivity contribution in [3.63, 3.8) is 0 Å². The number of H-pyrrole nitrogens is 1. The number of methoxy groups -OCH3 is 5. The van der Waals surface area contributed by atoms with Gasteiger partial charge in [-0.1, -0.05) is 18.5 Å². The van der Waals surface area contributed by atoms with Gasteiger partial charge in [0.1, 0.15) is 22.1 Å². The monoisotopic (exact) mass is 729 g/mol. The highest BCUT2D eigenvalue weighted by atomic mass is 35.5. The molecule has 0 saturated heterocycles. The summed E-state index contributed by atoms with van der Waals surface area (Å²) in [6.07, 6.45) is 1.20. The van der Waals surface area contributed by atoms with Gasteiger partial charge >= 0.3 is 0 Å². The Balaban J connectivity index is 1.56. The number of thioether (sulfide) groups is 1. The molecule has 1 aliphatic heterocycles. The Morgan fingerprint density at radius 1 is 1.08 bits per heavy atom. The van der Waals surface area contributed by atoms with Crippen LogP contribution in [0, 0.1) is 12.8 Å². The first kappa shape index (κ1) is 36.7. The van der Waals surface area contributed by atoms with Gasteiger partial charge in [-0.05, 0) is 24.6 Å². The molecule has 2 aliphatic rings. The quantitative estimate of drug-likeness (QED) is 0.182. The number of aryl methyl sites for hydroxylation is 1. The zero-order valence-corrected chi connectivity index (χ0v) is 30.4. The number of ketones is 2. The van der Waals surface area contributed by atoms with E-state index >= 15 is 0 Å². The number of aliphatic hydroxyl groups is 1. The molecule has 1 spiro atoms. The molecular weight excluding hydrogens is 690 g/mol. The van der Waals surface area contributed by atoms with Crippen LogP contribution in [0.4, 0.5) is 0 Å². The summed E-state index contributed by atoms with van der Waals surface area (Å²) < 4.78 is 33.9. The fraction of sp³-hybridized carbons (Fsp3) is 0.429. The van der Waals surface area contributed by atoms with Crippen LogP contribution in [-0.2, 0) is 15.3 Å². The van der Waals surface area contributed by atoms with Crippen molar-refractivity contribution in [2.24, 2.45) is 5.92 Å². The number of aromatic amines is 1. The van der Waals surface area contributed by atoms with Crippen LogP contribution in [0.5, 0.6) is 34.5 Å². The lowest BCUT2D eigenvalue weighted by atomic mass is 9.69.